The number of thioether (sulfide) groups is 1. The van der Waals surface area contributed by atoms with Crippen LogP contribution in [0.5, 0.6) is 0 Å². The Morgan fingerprint density at radius 1 is 1.62 bits per heavy atom. The van der Waals surface area contributed by atoms with Crippen molar-refractivity contribution in [2.45, 2.75) is 18.8 Å². The van der Waals surface area contributed by atoms with E-state index in [1.807, 2.05) is 11.8 Å². The predicted molar refractivity (Wildman–Crippen MR) is 51.1 cm³/mol. The molecule has 1 N–H and O–H groups in total. The van der Waals surface area contributed by atoms with E-state index in [0.717, 1.165) is 18.0 Å². The molecule has 0 radical (unpaired) electrons. The fourth-order valence-electron chi connectivity index (χ4n) is 1.48. The average molecular weight is 197 g/mol. The molecule has 4 nitrogen and oxygen atoms in total. The first kappa shape index (κ1) is 8.74. The Kier molecular flexibility index (Phi) is 2.63. The summed E-state index contributed by atoms with van der Waals surface area (Å²) in [6.07, 6.45) is 3.06. The zero-order chi connectivity index (χ0) is 9.10. The van der Waals surface area contributed by atoms with Gasteiger partial charge >= 0.3 is 0 Å². The SMILES string of the molecule is O=Cc1n[nH]c(C2CCCSC2)n1. The zero-order valence-corrected chi connectivity index (χ0v) is 8.01. The van der Waals surface area contributed by atoms with Gasteiger partial charge in [0.05, 0.1) is 0 Å². The summed E-state index contributed by atoms with van der Waals surface area (Å²) in [6, 6.07) is 0. The molecule has 1 unspecified atom stereocenters. The minimum absolute atomic E-state index is 0.269. The minimum Gasteiger partial charge on any atom is -0.294 e. The van der Waals surface area contributed by atoms with E-state index in [2.05, 4.69) is 15.2 Å². The third kappa shape index (κ3) is 1.91. The molecule has 1 atom stereocenters. The van der Waals surface area contributed by atoms with E-state index in [4.69, 9.17) is 0 Å². The van der Waals surface area contributed by atoms with Gasteiger partial charge in [-0.05, 0) is 18.6 Å². The number of hydrogen-bond donors (Lipinski definition) is 1. The van der Waals surface area contributed by atoms with Crippen molar-refractivity contribution in [3.63, 3.8) is 0 Å². The monoisotopic (exact) mass is 197 g/mol. The van der Waals surface area contributed by atoms with Gasteiger partial charge in [0.15, 0.2) is 6.29 Å². The van der Waals surface area contributed by atoms with Gasteiger partial charge in [-0.25, -0.2) is 4.98 Å². The van der Waals surface area contributed by atoms with Crippen molar-refractivity contribution in [3.8, 4) is 0 Å². The van der Waals surface area contributed by atoms with Gasteiger partial charge in [0.2, 0.25) is 5.82 Å². The summed E-state index contributed by atoms with van der Waals surface area (Å²) in [5.74, 6) is 3.93. The zero-order valence-electron chi connectivity index (χ0n) is 7.19. The summed E-state index contributed by atoms with van der Waals surface area (Å²) in [6.45, 7) is 0. The lowest BCUT2D eigenvalue weighted by Gasteiger charge is -2.18. The van der Waals surface area contributed by atoms with Gasteiger partial charge in [0, 0.05) is 11.7 Å². The molecule has 0 aromatic carbocycles. The van der Waals surface area contributed by atoms with Crippen molar-refractivity contribution in [1.29, 1.82) is 0 Å². The highest BCUT2D eigenvalue weighted by molar-refractivity contribution is 7.99. The minimum atomic E-state index is 0.269. The van der Waals surface area contributed by atoms with Gasteiger partial charge in [0.25, 0.3) is 0 Å². The molecule has 13 heavy (non-hydrogen) atoms. The second kappa shape index (κ2) is 3.91. The largest absolute Gasteiger partial charge is 0.294 e. The van der Waals surface area contributed by atoms with E-state index < -0.39 is 0 Å². The summed E-state index contributed by atoms with van der Waals surface area (Å²) in [5, 5.41) is 6.62. The quantitative estimate of drug-likeness (QED) is 0.724. The normalized spacial score (nSPS) is 22.9. The van der Waals surface area contributed by atoms with Crippen molar-refractivity contribution < 1.29 is 4.79 Å². The Morgan fingerprint density at radius 3 is 3.15 bits per heavy atom. The molecule has 0 bridgehead atoms. The number of carbonyl (C=O) groups is 1. The molecule has 0 saturated carbocycles. The number of carbonyl (C=O) groups excluding carboxylic acids is 1. The van der Waals surface area contributed by atoms with Gasteiger partial charge in [-0.15, -0.1) is 0 Å². The standard InChI is InChI=1S/C8H11N3OS/c12-4-7-9-8(11-10-7)6-2-1-3-13-5-6/h4,6H,1-3,5H2,(H,9,10,11). The number of H-pyrrole nitrogens is 1. The van der Waals surface area contributed by atoms with Crippen molar-refractivity contribution in [2.24, 2.45) is 0 Å². The molecule has 0 spiro atoms. The summed E-state index contributed by atoms with van der Waals surface area (Å²) in [4.78, 5) is 14.5. The highest BCUT2D eigenvalue weighted by Gasteiger charge is 2.19. The number of nitrogens with zero attached hydrogens (tertiary/aromatic N) is 2. The van der Waals surface area contributed by atoms with Gasteiger partial charge < -0.3 is 0 Å². The van der Waals surface area contributed by atoms with Crippen molar-refractivity contribution in [3.05, 3.63) is 11.6 Å². The maximum atomic E-state index is 10.4. The van der Waals surface area contributed by atoms with Crippen LogP contribution in [-0.4, -0.2) is 33.0 Å². The van der Waals surface area contributed by atoms with Crippen LogP contribution in [0.1, 0.15) is 35.2 Å². The Labute approximate surface area is 80.5 Å². The molecule has 1 aliphatic heterocycles. The molecule has 2 heterocycles. The van der Waals surface area contributed by atoms with E-state index in [1.165, 1.54) is 12.2 Å². The number of rotatable bonds is 2. The van der Waals surface area contributed by atoms with Crippen LogP contribution in [0.2, 0.25) is 0 Å². The van der Waals surface area contributed by atoms with Crippen LogP contribution in [0.3, 0.4) is 0 Å². The molecule has 2 rings (SSSR count). The van der Waals surface area contributed by atoms with Crippen molar-refractivity contribution >= 4 is 18.0 Å². The molecule has 70 valence electrons. The molecular weight excluding hydrogens is 186 g/mol. The molecule has 1 aromatic rings. The maximum Gasteiger partial charge on any atom is 0.214 e. The molecule has 1 aliphatic rings. The van der Waals surface area contributed by atoms with Gasteiger partial charge in [-0.3, -0.25) is 9.89 Å². The van der Waals surface area contributed by atoms with Crippen LogP contribution in [-0.2, 0) is 0 Å². The maximum absolute atomic E-state index is 10.4. The lowest BCUT2D eigenvalue weighted by Crippen LogP contribution is -2.10. The smallest absolute Gasteiger partial charge is 0.214 e. The highest BCUT2D eigenvalue weighted by atomic mass is 32.2. The first-order valence-electron chi connectivity index (χ1n) is 4.35. The molecule has 1 fully saturated rings. The summed E-state index contributed by atoms with van der Waals surface area (Å²) < 4.78 is 0. The van der Waals surface area contributed by atoms with Crippen LogP contribution in [0, 0.1) is 0 Å². The average Bonchev–Trinajstić information content (AvgIpc) is 2.67. The second-order valence-corrected chi connectivity index (χ2v) is 4.26. The van der Waals surface area contributed by atoms with Crippen LogP contribution < -0.4 is 0 Å². The summed E-state index contributed by atoms with van der Waals surface area (Å²) in [5.41, 5.74) is 0. The topological polar surface area (TPSA) is 58.6 Å². The Bertz CT molecular complexity index is 293. The van der Waals surface area contributed by atoms with E-state index in [9.17, 15) is 4.79 Å². The van der Waals surface area contributed by atoms with Gasteiger partial charge in [0.1, 0.15) is 5.82 Å². The molecule has 0 amide bonds. The Balaban J connectivity index is 2.09. The number of nitrogens with one attached hydrogen (secondary N) is 1. The molecule has 1 saturated heterocycles. The van der Waals surface area contributed by atoms with Gasteiger partial charge in [-0.2, -0.15) is 16.9 Å². The third-order valence-electron chi connectivity index (χ3n) is 2.17. The van der Waals surface area contributed by atoms with Crippen molar-refractivity contribution in [1.82, 2.24) is 15.2 Å². The van der Waals surface area contributed by atoms with Crippen LogP contribution in [0.15, 0.2) is 0 Å². The number of aldehydes is 1. The fraction of sp³-hybridized carbons (Fsp3) is 0.625. The van der Waals surface area contributed by atoms with Crippen molar-refractivity contribution in [2.75, 3.05) is 11.5 Å². The fourth-order valence-corrected chi connectivity index (χ4v) is 2.63. The number of aromatic amines is 1. The first-order valence-corrected chi connectivity index (χ1v) is 5.51. The van der Waals surface area contributed by atoms with Crippen LogP contribution in [0.4, 0.5) is 0 Å². The number of hydrogen-bond acceptors (Lipinski definition) is 4. The van der Waals surface area contributed by atoms with E-state index in [1.54, 1.807) is 0 Å². The Hall–Kier alpha value is -0.840. The van der Waals surface area contributed by atoms with Crippen LogP contribution in [0.25, 0.3) is 0 Å². The van der Waals surface area contributed by atoms with E-state index in [-0.39, 0.29) is 5.82 Å². The number of aromatic nitrogens is 3. The highest BCUT2D eigenvalue weighted by Crippen LogP contribution is 2.28. The molecule has 0 aliphatic carbocycles. The van der Waals surface area contributed by atoms with E-state index >= 15 is 0 Å². The second-order valence-electron chi connectivity index (χ2n) is 3.11. The van der Waals surface area contributed by atoms with E-state index in [0.29, 0.717) is 12.2 Å². The first-order chi connectivity index (χ1) is 6.40. The third-order valence-corrected chi connectivity index (χ3v) is 3.39. The van der Waals surface area contributed by atoms with Gasteiger partial charge in [-0.1, -0.05) is 0 Å². The van der Waals surface area contributed by atoms with Crippen LogP contribution >= 0.6 is 11.8 Å². The molecule has 5 heteroatoms. The lowest BCUT2D eigenvalue weighted by molar-refractivity contribution is 0.111. The molecule has 1 aromatic heterocycles. The molecular formula is C8H11N3OS. The summed E-state index contributed by atoms with van der Waals surface area (Å²) in [7, 11) is 0. The predicted octanol–water partition coefficient (Wildman–Crippen LogP) is 1.23. The Morgan fingerprint density at radius 2 is 2.54 bits per heavy atom. The lowest BCUT2D eigenvalue weighted by atomic mass is 10.1. The summed E-state index contributed by atoms with van der Waals surface area (Å²) >= 11 is 1.94.